The first kappa shape index (κ1) is 19.3. The Labute approximate surface area is 162 Å². The summed E-state index contributed by atoms with van der Waals surface area (Å²) in [6, 6.07) is 11.6. The molecule has 3 aromatic rings. The van der Waals surface area contributed by atoms with E-state index >= 15 is 0 Å². The summed E-state index contributed by atoms with van der Waals surface area (Å²) >= 11 is 11.3. The molecule has 0 bridgehead atoms. The van der Waals surface area contributed by atoms with Gasteiger partial charge in [0, 0.05) is 12.3 Å². The molecular formula is C18H11Cl2F3N2O2. The van der Waals surface area contributed by atoms with Crippen LogP contribution in [0.3, 0.4) is 0 Å². The van der Waals surface area contributed by atoms with E-state index < -0.39 is 11.7 Å². The van der Waals surface area contributed by atoms with Gasteiger partial charge in [-0.05, 0) is 47.5 Å². The lowest BCUT2D eigenvalue weighted by Crippen LogP contribution is -2.05. The summed E-state index contributed by atoms with van der Waals surface area (Å²) < 4.78 is 49.6. The summed E-state index contributed by atoms with van der Waals surface area (Å²) in [6.45, 7) is 0.229. The fourth-order valence-corrected chi connectivity index (χ4v) is 2.50. The zero-order valence-electron chi connectivity index (χ0n) is 13.5. The molecule has 3 rings (SSSR count). The highest BCUT2D eigenvalue weighted by atomic mass is 35.5. The molecule has 2 aromatic carbocycles. The molecule has 0 N–H and O–H groups in total. The lowest BCUT2D eigenvalue weighted by molar-refractivity contribution is -0.137. The van der Waals surface area contributed by atoms with Gasteiger partial charge in [0.2, 0.25) is 11.2 Å². The molecule has 0 atom stereocenters. The standard InChI is InChI=1S/C18H11Cl2F3N2O2/c19-15-6-5-13(9-14(15)18(21,22)23)27-12-3-1-11(2-4-12)10-26-16-7-8-24-17(20)25-16/h1-9H,10H2. The van der Waals surface area contributed by atoms with Gasteiger partial charge < -0.3 is 9.47 Å². The number of hydrogen-bond donors (Lipinski definition) is 0. The first-order chi connectivity index (χ1) is 12.8. The van der Waals surface area contributed by atoms with Crippen LogP contribution < -0.4 is 9.47 Å². The summed E-state index contributed by atoms with van der Waals surface area (Å²) in [4.78, 5) is 7.65. The fraction of sp³-hybridized carbons (Fsp3) is 0.111. The van der Waals surface area contributed by atoms with Crippen molar-refractivity contribution in [3.05, 3.63) is 76.2 Å². The summed E-state index contributed by atoms with van der Waals surface area (Å²) in [5.74, 6) is 0.738. The van der Waals surface area contributed by atoms with Crippen molar-refractivity contribution in [1.82, 2.24) is 9.97 Å². The molecule has 0 aliphatic carbocycles. The zero-order chi connectivity index (χ0) is 19.4. The molecule has 0 fully saturated rings. The van der Waals surface area contributed by atoms with E-state index in [1.54, 1.807) is 30.3 Å². The van der Waals surface area contributed by atoms with Gasteiger partial charge in [0.1, 0.15) is 18.1 Å². The van der Waals surface area contributed by atoms with E-state index in [4.69, 9.17) is 32.7 Å². The van der Waals surface area contributed by atoms with E-state index in [0.29, 0.717) is 11.6 Å². The summed E-state index contributed by atoms with van der Waals surface area (Å²) in [7, 11) is 0. The van der Waals surface area contributed by atoms with Gasteiger partial charge in [0.25, 0.3) is 0 Å². The maximum absolute atomic E-state index is 12.9. The van der Waals surface area contributed by atoms with Gasteiger partial charge in [0.15, 0.2) is 0 Å². The molecule has 27 heavy (non-hydrogen) atoms. The van der Waals surface area contributed by atoms with Crippen molar-refractivity contribution >= 4 is 23.2 Å². The van der Waals surface area contributed by atoms with Crippen LogP contribution in [-0.4, -0.2) is 9.97 Å². The van der Waals surface area contributed by atoms with Crippen LogP contribution in [0.1, 0.15) is 11.1 Å². The lowest BCUT2D eigenvalue weighted by atomic mass is 10.2. The van der Waals surface area contributed by atoms with E-state index in [1.165, 1.54) is 12.3 Å². The van der Waals surface area contributed by atoms with Crippen LogP contribution in [0.2, 0.25) is 10.3 Å². The Morgan fingerprint density at radius 3 is 2.30 bits per heavy atom. The van der Waals surface area contributed by atoms with Gasteiger partial charge in [-0.1, -0.05) is 23.7 Å². The van der Waals surface area contributed by atoms with Crippen molar-refractivity contribution < 1.29 is 22.6 Å². The summed E-state index contributed by atoms with van der Waals surface area (Å²) in [6.07, 6.45) is -3.08. The van der Waals surface area contributed by atoms with Crippen molar-refractivity contribution in [2.75, 3.05) is 0 Å². The topological polar surface area (TPSA) is 44.2 Å². The third-order valence-corrected chi connectivity index (χ3v) is 3.90. The smallest absolute Gasteiger partial charge is 0.417 e. The molecule has 1 aromatic heterocycles. The van der Waals surface area contributed by atoms with E-state index in [-0.39, 0.29) is 22.7 Å². The highest BCUT2D eigenvalue weighted by molar-refractivity contribution is 6.31. The Hall–Kier alpha value is -2.51. The second-order valence-electron chi connectivity index (χ2n) is 5.34. The van der Waals surface area contributed by atoms with Gasteiger partial charge in [-0.2, -0.15) is 18.2 Å². The Kier molecular flexibility index (Phi) is 5.72. The molecule has 0 radical (unpaired) electrons. The second-order valence-corrected chi connectivity index (χ2v) is 6.08. The molecular weight excluding hydrogens is 404 g/mol. The number of rotatable bonds is 5. The van der Waals surface area contributed by atoms with Crippen LogP contribution >= 0.6 is 23.2 Å². The predicted molar refractivity (Wildman–Crippen MR) is 94.3 cm³/mol. The first-order valence-electron chi connectivity index (χ1n) is 7.56. The monoisotopic (exact) mass is 414 g/mol. The van der Waals surface area contributed by atoms with Crippen molar-refractivity contribution in [2.24, 2.45) is 0 Å². The van der Waals surface area contributed by atoms with Gasteiger partial charge in [0.05, 0.1) is 10.6 Å². The van der Waals surface area contributed by atoms with Gasteiger partial charge in [-0.3, -0.25) is 0 Å². The van der Waals surface area contributed by atoms with Crippen LogP contribution in [-0.2, 0) is 12.8 Å². The zero-order valence-corrected chi connectivity index (χ0v) is 15.0. The van der Waals surface area contributed by atoms with Crippen LogP contribution in [0.25, 0.3) is 0 Å². The van der Waals surface area contributed by atoms with E-state index in [1.807, 2.05) is 0 Å². The SMILES string of the molecule is FC(F)(F)c1cc(Oc2ccc(COc3ccnc(Cl)n3)cc2)ccc1Cl. The average Bonchev–Trinajstić information content (AvgIpc) is 2.62. The Balaban J connectivity index is 1.66. The number of hydrogen-bond acceptors (Lipinski definition) is 4. The molecule has 1 heterocycles. The molecule has 0 amide bonds. The highest BCUT2D eigenvalue weighted by Gasteiger charge is 2.33. The number of ether oxygens (including phenoxy) is 2. The molecule has 0 saturated heterocycles. The van der Waals surface area contributed by atoms with Crippen LogP contribution in [0.15, 0.2) is 54.7 Å². The number of nitrogens with zero attached hydrogens (tertiary/aromatic N) is 2. The minimum Gasteiger partial charge on any atom is -0.473 e. The van der Waals surface area contributed by atoms with Crippen molar-refractivity contribution in [3.8, 4) is 17.4 Å². The highest BCUT2D eigenvalue weighted by Crippen LogP contribution is 2.37. The number of halogens is 5. The molecule has 4 nitrogen and oxygen atoms in total. The maximum atomic E-state index is 12.9. The van der Waals surface area contributed by atoms with Crippen molar-refractivity contribution in [3.63, 3.8) is 0 Å². The molecule has 0 saturated carbocycles. The number of aromatic nitrogens is 2. The lowest BCUT2D eigenvalue weighted by Gasteiger charge is -2.12. The molecule has 0 aliphatic heterocycles. The first-order valence-corrected chi connectivity index (χ1v) is 8.32. The quantitative estimate of drug-likeness (QED) is 0.468. The summed E-state index contributed by atoms with van der Waals surface area (Å²) in [5.41, 5.74) is -0.139. The minimum absolute atomic E-state index is 0.0337. The van der Waals surface area contributed by atoms with E-state index in [0.717, 1.165) is 17.7 Å². The van der Waals surface area contributed by atoms with E-state index in [2.05, 4.69) is 9.97 Å². The van der Waals surface area contributed by atoms with Gasteiger partial charge >= 0.3 is 6.18 Å². The molecule has 140 valence electrons. The minimum atomic E-state index is -4.55. The number of alkyl halides is 3. The molecule has 0 unspecified atom stereocenters. The Morgan fingerprint density at radius 1 is 0.926 bits per heavy atom. The largest absolute Gasteiger partial charge is 0.473 e. The fourth-order valence-electron chi connectivity index (χ4n) is 2.13. The predicted octanol–water partition coefficient (Wildman–Crippen LogP) is 6.17. The van der Waals surface area contributed by atoms with Gasteiger partial charge in [-0.25, -0.2) is 4.98 Å². The molecule has 0 aliphatic rings. The second kappa shape index (κ2) is 8.02. The normalized spacial score (nSPS) is 11.3. The van der Waals surface area contributed by atoms with Crippen molar-refractivity contribution in [2.45, 2.75) is 12.8 Å². The number of benzene rings is 2. The summed E-state index contributed by atoms with van der Waals surface area (Å²) in [5, 5.41) is -0.301. The van der Waals surface area contributed by atoms with Gasteiger partial charge in [-0.15, -0.1) is 0 Å². The Bertz CT molecular complexity index is 935. The molecule has 9 heteroatoms. The van der Waals surface area contributed by atoms with Crippen LogP contribution in [0, 0.1) is 0 Å². The third kappa shape index (κ3) is 5.24. The van der Waals surface area contributed by atoms with Crippen molar-refractivity contribution in [1.29, 1.82) is 0 Å². The third-order valence-electron chi connectivity index (χ3n) is 3.39. The van der Waals surface area contributed by atoms with Crippen LogP contribution in [0.4, 0.5) is 13.2 Å². The maximum Gasteiger partial charge on any atom is 0.417 e. The van der Waals surface area contributed by atoms with Crippen LogP contribution in [0.5, 0.6) is 17.4 Å². The Morgan fingerprint density at radius 2 is 1.63 bits per heavy atom. The average molecular weight is 415 g/mol. The molecule has 0 spiro atoms. The van der Waals surface area contributed by atoms with E-state index in [9.17, 15) is 13.2 Å².